The van der Waals surface area contributed by atoms with Gasteiger partial charge in [-0.3, -0.25) is 0 Å². The SMILES string of the molecule is CCCCCCCCCCC1CCCO1. The second kappa shape index (κ2) is 9.21. The first-order chi connectivity index (χ1) is 7.43. The zero-order chi connectivity index (χ0) is 10.8. The van der Waals surface area contributed by atoms with Crippen molar-refractivity contribution < 1.29 is 4.74 Å². The van der Waals surface area contributed by atoms with Gasteiger partial charge < -0.3 is 4.74 Å². The lowest BCUT2D eigenvalue weighted by Crippen LogP contribution is -2.03. The molecule has 0 aromatic carbocycles. The molecular formula is C14H28O. The Morgan fingerprint density at radius 1 is 0.933 bits per heavy atom. The van der Waals surface area contributed by atoms with Gasteiger partial charge in [0.1, 0.15) is 0 Å². The van der Waals surface area contributed by atoms with Crippen molar-refractivity contribution in [2.75, 3.05) is 6.61 Å². The van der Waals surface area contributed by atoms with E-state index in [1.807, 2.05) is 0 Å². The Balaban J connectivity index is 1.73. The van der Waals surface area contributed by atoms with E-state index < -0.39 is 0 Å². The molecular weight excluding hydrogens is 184 g/mol. The number of hydrogen-bond donors (Lipinski definition) is 0. The highest BCUT2D eigenvalue weighted by Crippen LogP contribution is 2.18. The maximum absolute atomic E-state index is 5.61. The quantitative estimate of drug-likeness (QED) is 0.503. The summed E-state index contributed by atoms with van der Waals surface area (Å²) < 4.78 is 5.61. The van der Waals surface area contributed by atoms with Crippen LogP contribution in [-0.2, 0) is 4.74 Å². The fourth-order valence-corrected chi connectivity index (χ4v) is 2.38. The standard InChI is InChI=1S/C14H28O/c1-2-3-4-5-6-7-8-9-11-14-12-10-13-15-14/h14H,2-13H2,1H3. The van der Waals surface area contributed by atoms with Crippen LogP contribution in [0.25, 0.3) is 0 Å². The van der Waals surface area contributed by atoms with E-state index in [2.05, 4.69) is 6.92 Å². The van der Waals surface area contributed by atoms with E-state index >= 15 is 0 Å². The van der Waals surface area contributed by atoms with Crippen LogP contribution in [0, 0.1) is 0 Å². The van der Waals surface area contributed by atoms with Gasteiger partial charge in [0.05, 0.1) is 6.10 Å². The van der Waals surface area contributed by atoms with Crippen LogP contribution in [0.15, 0.2) is 0 Å². The van der Waals surface area contributed by atoms with E-state index in [1.54, 1.807) is 0 Å². The Morgan fingerprint density at radius 3 is 2.20 bits per heavy atom. The normalized spacial score (nSPS) is 21.0. The number of unbranched alkanes of at least 4 members (excludes halogenated alkanes) is 7. The number of ether oxygens (including phenoxy) is 1. The zero-order valence-electron chi connectivity index (χ0n) is 10.5. The van der Waals surface area contributed by atoms with E-state index in [0.717, 1.165) is 6.61 Å². The minimum absolute atomic E-state index is 0.616. The van der Waals surface area contributed by atoms with Crippen LogP contribution in [-0.4, -0.2) is 12.7 Å². The van der Waals surface area contributed by atoms with Gasteiger partial charge in [-0.05, 0) is 19.3 Å². The Labute approximate surface area is 95.6 Å². The van der Waals surface area contributed by atoms with Crippen LogP contribution in [0.3, 0.4) is 0 Å². The van der Waals surface area contributed by atoms with Crippen LogP contribution in [0.1, 0.15) is 77.6 Å². The highest BCUT2D eigenvalue weighted by atomic mass is 16.5. The molecule has 0 N–H and O–H groups in total. The zero-order valence-corrected chi connectivity index (χ0v) is 10.5. The fraction of sp³-hybridized carbons (Fsp3) is 1.00. The lowest BCUT2D eigenvalue weighted by atomic mass is 10.0. The van der Waals surface area contributed by atoms with E-state index in [0.29, 0.717) is 6.10 Å². The Bertz CT molecular complexity index is 127. The van der Waals surface area contributed by atoms with Gasteiger partial charge in [0.25, 0.3) is 0 Å². The summed E-state index contributed by atoms with van der Waals surface area (Å²) in [6.07, 6.45) is 15.9. The molecule has 0 saturated carbocycles. The molecule has 1 nitrogen and oxygen atoms in total. The van der Waals surface area contributed by atoms with Gasteiger partial charge in [-0.2, -0.15) is 0 Å². The summed E-state index contributed by atoms with van der Waals surface area (Å²) in [6.45, 7) is 3.29. The number of rotatable bonds is 9. The van der Waals surface area contributed by atoms with Gasteiger partial charge in [0.15, 0.2) is 0 Å². The van der Waals surface area contributed by atoms with Gasteiger partial charge in [-0.15, -0.1) is 0 Å². The smallest absolute Gasteiger partial charge is 0.0576 e. The van der Waals surface area contributed by atoms with Gasteiger partial charge in [0, 0.05) is 6.61 Å². The molecule has 1 aliphatic heterocycles. The highest BCUT2D eigenvalue weighted by Gasteiger charge is 2.13. The molecule has 0 radical (unpaired) electrons. The first-order valence-electron chi connectivity index (χ1n) is 7.05. The van der Waals surface area contributed by atoms with E-state index in [-0.39, 0.29) is 0 Å². The van der Waals surface area contributed by atoms with Crippen LogP contribution in [0.2, 0.25) is 0 Å². The molecule has 0 bridgehead atoms. The second-order valence-electron chi connectivity index (χ2n) is 4.90. The number of hydrogen-bond acceptors (Lipinski definition) is 1. The van der Waals surface area contributed by atoms with E-state index in [9.17, 15) is 0 Å². The van der Waals surface area contributed by atoms with Crippen molar-refractivity contribution in [3.8, 4) is 0 Å². The van der Waals surface area contributed by atoms with Crippen molar-refractivity contribution in [3.05, 3.63) is 0 Å². The second-order valence-corrected chi connectivity index (χ2v) is 4.90. The molecule has 1 heteroatoms. The van der Waals surface area contributed by atoms with Crippen molar-refractivity contribution >= 4 is 0 Å². The Kier molecular flexibility index (Phi) is 7.99. The monoisotopic (exact) mass is 212 g/mol. The summed E-state index contributed by atoms with van der Waals surface area (Å²) in [5, 5.41) is 0. The molecule has 1 aliphatic rings. The van der Waals surface area contributed by atoms with Gasteiger partial charge in [-0.25, -0.2) is 0 Å². The Hall–Kier alpha value is -0.0400. The summed E-state index contributed by atoms with van der Waals surface area (Å²) in [7, 11) is 0. The van der Waals surface area contributed by atoms with Crippen molar-refractivity contribution in [3.63, 3.8) is 0 Å². The summed E-state index contributed by atoms with van der Waals surface area (Å²) in [6, 6.07) is 0. The fourth-order valence-electron chi connectivity index (χ4n) is 2.38. The molecule has 1 heterocycles. The average molecular weight is 212 g/mol. The predicted molar refractivity (Wildman–Crippen MR) is 66.2 cm³/mol. The van der Waals surface area contributed by atoms with Gasteiger partial charge in [-0.1, -0.05) is 58.3 Å². The predicted octanol–water partition coefficient (Wildman–Crippen LogP) is 4.70. The topological polar surface area (TPSA) is 9.23 Å². The molecule has 90 valence electrons. The first-order valence-corrected chi connectivity index (χ1v) is 7.05. The van der Waals surface area contributed by atoms with Gasteiger partial charge in [0.2, 0.25) is 0 Å². The lowest BCUT2D eigenvalue weighted by molar-refractivity contribution is 0.102. The average Bonchev–Trinajstić information content (AvgIpc) is 2.75. The molecule has 1 rings (SSSR count). The van der Waals surface area contributed by atoms with Crippen molar-refractivity contribution in [2.24, 2.45) is 0 Å². The van der Waals surface area contributed by atoms with Crippen LogP contribution in [0.5, 0.6) is 0 Å². The molecule has 1 atom stereocenters. The van der Waals surface area contributed by atoms with Crippen LogP contribution >= 0.6 is 0 Å². The molecule has 0 aromatic heterocycles. The molecule has 15 heavy (non-hydrogen) atoms. The summed E-state index contributed by atoms with van der Waals surface area (Å²) >= 11 is 0. The molecule has 1 fully saturated rings. The molecule has 1 saturated heterocycles. The maximum atomic E-state index is 5.61. The first kappa shape index (κ1) is 13.0. The molecule has 1 unspecified atom stereocenters. The highest BCUT2D eigenvalue weighted by molar-refractivity contribution is 4.64. The van der Waals surface area contributed by atoms with Crippen LogP contribution < -0.4 is 0 Å². The van der Waals surface area contributed by atoms with Crippen molar-refractivity contribution in [1.82, 2.24) is 0 Å². The third-order valence-corrected chi connectivity index (χ3v) is 3.40. The molecule has 0 aromatic rings. The molecule has 0 spiro atoms. The maximum Gasteiger partial charge on any atom is 0.0576 e. The lowest BCUT2D eigenvalue weighted by Gasteiger charge is -2.08. The van der Waals surface area contributed by atoms with Gasteiger partial charge >= 0.3 is 0 Å². The minimum atomic E-state index is 0.616. The molecule has 0 amide bonds. The van der Waals surface area contributed by atoms with Crippen molar-refractivity contribution in [1.29, 1.82) is 0 Å². The molecule has 0 aliphatic carbocycles. The third kappa shape index (κ3) is 6.94. The third-order valence-electron chi connectivity index (χ3n) is 3.40. The summed E-state index contributed by atoms with van der Waals surface area (Å²) in [5.41, 5.74) is 0. The Morgan fingerprint density at radius 2 is 1.60 bits per heavy atom. The summed E-state index contributed by atoms with van der Waals surface area (Å²) in [5.74, 6) is 0. The van der Waals surface area contributed by atoms with E-state index in [1.165, 1.54) is 70.6 Å². The van der Waals surface area contributed by atoms with Crippen molar-refractivity contribution in [2.45, 2.75) is 83.7 Å². The van der Waals surface area contributed by atoms with Crippen LogP contribution in [0.4, 0.5) is 0 Å². The minimum Gasteiger partial charge on any atom is -0.378 e. The summed E-state index contributed by atoms with van der Waals surface area (Å²) in [4.78, 5) is 0. The largest absolute Gasteiger partial charge is 0.378 e. The van der Waals surface area contributed by atoms with E-state index in [4.69, 9.17) is 4.74 Å².